The number of ether oxygens (including phenoxy) is 4. The van der Waals surface area contributed by atoms with E-state index >= 15 is 0 Å². The molecular formula is C112H108F8N8O12S2. The van der Waals surface area contributed by atoms with Crippen LogP contribution in [0, 0.1) is 0 Å². The van der Waals surface area contributed by atoms with Gasteiger partial charge in [-0.25, -0.2) is 9.59 Å². The number of amides is 8. The van der Waals surface area contributed by atoms with Crippen molar-refractivity contribution in [3.8, 4) is 46.0 Å². The minimum absolute atomic E-state index is 0.115. The van der Waals surface area contributed by atoms with Crippen LogP contribution in [0.1, 0.15) is 117 Å². The fourth-order valence-electron chi connectivity index (χ4n) is 12.7. The van der Waals surface area contributed by atoms with Crippen LogP contribution in [0.4, 0.5) is 78.8 Å². The second kappa shape index (κ2) is 63.6. The van der Waals surface area contributed by atoms with E-state index in [0.717, 1.165) is 36.4 Å². The van der Waals surface area contributed by atoms with Gasteiger partial charge < -0.3 is 61.5 Å². The largest absolute Gasteiger partial charge is 0.457 e. The molecule has 0 saturated carbocycles. The molecule has 8 N–H and O–H groups in total. The van der Waals surface area contributed by atoms with Crippen molar-refractivity contribution in [3.63, 3.8) is 0 Å². The van der Waals surface area contributed by atoms with E-state index in [-0.39, 0.29) is 81.7 Å². The van der Waals surface area contributed by atoms with Crippen LogP contribution >= 0.6 is 23.5 Å². The molecule has 0 spiro atoms. The fourth-order valence-corrected chi connectivity index (χ4v) is 14.6. The Morgan fingerprint density at radius 1 is 0.225 bits per heavy atom. The second-order valence-corrected chi connectivity index (χ2v) is 33.1. The molecule has 0 aliphatic rings. The van der Waals surface area contributed by atoms with E-state index in [1.165, 1.54) is 11.8 Å². The molecule has 14 aromatic carbocycles. The first-order valence-electron chi connectivity index (χ1n) is 45.5. The van der Waals surface area contributed by atoms with Crippen molar-refractivity contribution in [2.45, 2.75) is 96.6 Å². The van der Waals surface area contributed by atoms with Gasteiger partial charge in [0.15, 0.2) is 0 Å². The molecule has 0 radical (unpaired) electrons. The first kappa shape index (κ1) is 110. The van der Waals surface area contributed by atoms with Crippen molar-refractivity contribution >= 4 is 105 Å². The lowest BCUT2D eigenvalue weighted by Gasteiger charge is -2.12. The number of carbonyl (C=O) groups excluding carboxylic acids is 8. The van der Waals surface area contributed by atoms with Crippen molar-refractivity contribution in [3.05, 3.63) is 397 Å². The van der Waals surface area contributed by atoms with Crippen LogP contribution in [0.25, 0.3) is 0 Å². The average Bonchev–Trinajstić information content (AvgIpc) is 0.851. The number of unbranched alkanes of at least 4 members (excludes halogenated alkanes) is 4. The molecule has 0 aliphatic heterocycles. The van der Waals surface area contributed by atoms with E-state index in [9.17, 15) is 73.5 Å². The number of hydrogen-bond donors (Lipinski definition) is 8. The summed E-state index contributed by atoms with van der Waals surface area (Å²) in [7, 11) is 0. The maximum atomic E-state index is 12.4. The summed E-state index contributed by atoms with van der Waals surface area (Å²) in [4.78, 5) is 98.1. The van der Waals surface area contributed by atoms with Gasteiger partial charge in [0.25, 0.3) is 23.6 Å². The predicted octanol–water partition coefficient (Wildman–Crippen LogP) is 29.2. The van der Waals surface area contributed by atoms with Gasteiger partial charge in [0.2, 0.25) is 11.8 Å². The number of nitrogens with one attached hydrogen (secondary N) is 8. The first-order valence-corrected chi connectivity index (χ1v) is 47.2. The van der Waals surface area contributed by atoms with Gasteiger partial charge in [-0.2, -0.15) is 0 Å². The first-order chi connectivity index (χ1) is 69.2. The topological polar surface area (TPSA) is 270 Å². The van der Waals surface area contributed by atoms with E-state index in [2.05, 4.69) is 42.5 Å². The van der Waals surface area contributed by atoms with Gasteiger partial charge in [0.1, 0.15) is 46.0 Å². The Morgan fingerprint density at radius 3 is 0.746 bits per heavy atom. The average molecular weight is 1970 g/mol. The van der Waals surface area contributed by atoms with Crippen LogP contribution in [0.15, 0.2) is 384 Å². The summed E-state index contributed by atoms with van der Waals surface area (Å²) in [5, 5.41) is 21.5. The zero-order chi connectivity index (χ0) is 101. The summed E-state index contributed by atoms with van der Waals surface area (Å²) in [5.41, 5.74) is 8.23. The zero-order valence-electron chi connectivity index (χ0n) is 77.5. The molecule has 14 aromatic rings. The Bertz CT molecular complexity index is 6240. The van der Waals surface area contributed by atoms with E-state index in [1.807, 2.05) is 206 Å². The van der Waals surface area contributed by atoms with Gasteiger partial charge in [-0.15, -0.1) is 8.78 Å². The number of benzene rings is 14. The normalized spacial score (nSPS) is 10.3. The summed E-state index contributed by atoms with van der Waals surface area (Å²) in [6, 6.07) is 110. The van der Waals surface area contributed by atoms with Crippen LogP contribution in [0.5, 0.6) is 46.0 Å². The number of carbonyl (C=O) groups is 8. The highest BCUT2D eigenvalue weighted by Gasteiger charge is 2.16. The van der Waals surface area contributed by atoms with Crippen molar-refractivity contribution in [1.29, 1.82) is 0 Å². The Balaban J connectivity index is 0.000000204. The number of hydrogen-bond acceptors (Lipinski definition) is 14. The molecule has 0 aliphatic carbocycles. The molecular weight excluding hydrogens is 1870 g/mol. The van der Waals surface area contributed by atoms with E-state index in [0.29, 0.717) is 167 Å². The molecule has 0 bridgehead atoms. The smallest absolute Gasteiger partial charge is 0.397 e. The second-order valence-electron chi connectivity index (χ2n) is 30.8. The van der Waals surface area contributed by atoms with E-state index < -0.39 is 25.7 Å². The Labute approximate surface area is 828 Å². The van der Waals surface area contributed by atoms with Crippen molar-refractivity contribution in [2.24, 2.45) is 0 Å². The van der Waals surface area contributed by atoms with Gasteiger partial charge >= 0.3 is 12.3 Å². The summed E-state index contributed by atoms with van der Waals surface area (Å²) in [6.07, 6.45) is 1.87. The number of halogens is 8. The van der Waals surface area contributed by atoms with Crippen LogP contribution < -0.4 is 61.5 Å². The van der Waals surface area contributed by atoms with Gasteiger partial charge in [-0.05, 0) is 263 Å². The molecule has 0 heterocycles. The minimum atomic E-state index is -1.54. The molecule has 14 rings (SSSR count). The van der Waals surface area contributed by atoms with Crippen LogP contribution in [-0.4, -0.2) is 101 Å². The lowest BCUT2D eigenvalue weighted by Crippen LogP contribution is -2.20. The molecule has 0 saturated heterocycles. The molecule has 8 amide bonds. The molecule has 0 unspecified atom stereocenters. The standard InChI is InChI=1S/C30H27FN2O4.C28H23FN2O4.C24H23FN2O2S.C22H19FN2O2S.2C4H8F2/c31-18-5-4-17-29(34)32-23-11-6-13-25(19-23)36-27-15-8-16-28(21-27)37-26-14-7-12-24(20-26)33-30(35)22-9-2-1-3-10-22;29-28(33)30-16-15-20-7-4-11-23(17-20)34-25-13-6-14-26(19-25)35-24-12-5-10-22(18-24)31-27(32)21-8-2-1-3-9-21;25-15-5-4-14-23(28)26-19-10-6-12-21(16-19)30-22-13-7-11-20(17-22)27-24(29)18-8-2-1-3-9-18;23-22(27)24-13-12-16-6-4-10-19(14-16)28-20-11-5-9-18(15-20)25-21(26)17-7-2-1-3-8-17;2*5-3-1-2-4-6/h1-3,6-16,19-21H,4-5,17-18H2,(H,32,34)(H,33,35);1-14,17-19H,15-16H2,(H,30,33)(H,31,32);1-3,6-13,16-17H,4-5,14-15H2,(H,26,28)(H,27,29);1-11,14-15H,12-13H2,(H,24,27)(H,25,26);2*1-4H2. The summed E-state index contributed by atoms with van der Waals surface area (Å²) < 4.78 is 117. The number of alkyl halides is 6. The minimum Gasteiger partial charge on any atom is -0.457 e. The Morgan fingerprint density at radius 2 is 0.451 bits per heavy atom. The third-order valence-corrected chi connectivity index (χ3v) is 21.5. The van der Waals surface area contributed by atoms with Gasteiger partial charge in [0, 0.05) is 132 Å². The quantitative estimate of drug-likeness (QED) is 0.00765. The van der Waals surface area contributed by atoms with Crippen molar-refractivity contribution in [2.75, 3.05) is 85.0 Å². The SMILES string of the molecule is FCCCCF.FCCCCF.O=C(CCCCF)Nc1cccc(Oc2cccc(Oc3cccc(NC(=O)c4ccccc4)c3)c2)c1.O=C(CCCCF)Nc1cccc(Sc2cccc(NC(=O)c3ccccc3)c2)c1.O=C(F)NCCc1cccc(Oc2cccc(Oc3cccc(NC(=O)c4ccccc4)c3)c2)c1.O=C(F)NCCc1cccc(Sc2cccc(NC(=O)c3ccccc3)c2)c1. The molecule has 142 heavy (non-hydrogen) atoms. The Hall–Kier alpha value is -15.8. The molecule has 30 heteroatoms. The molecule has 0 atom stereocenters. The molecule has 0 aromatic heterocycles. The third kappa shape index (κ3) is 43.5. The fraction of sp³-hybridized carbons (Fsp3) is 0.179. The van der Waals surface area contributed by atoms with Gasteiger partial charge in [-0.3, -0.25) is 55.1 Å². The third-order valence-electron chi connectivity index (χ3n) is 19.5. The van der Waals surface area contributed by atoms with Gasteiger partial charge in [-0.1, -0.05) is 169 Å². The van der Waals surface area contributed by atoms with Crippen LogP contribution in [0.2, 0.25) is 0 Å². The highest BCUT2D eigenvalue weighted by atomic mass is 32.2. The zero-order valence-corrected chi connectivity index (χ0v) is 79.2. The van der Waals surface area contributed by atoms with Crippen molar-refractivity contribution < 1.29 is 92.4 Å². The summed E-state index contributed by atoms with van der Waals surface area (Å²) in [6.45, 7) is -1.90. The highest BCUT2D eigenvalue weighted by Crippen LogP contribution is 2.36. The number of anilines is 6. The van der Waals surface area contributed by atoms with Crippen LogP contribution in [0.3, 0.4) is 0 Å². The van der Waals surface area contributed by atoms with Gasteiger partial charge in [0.05, 0.1) is 40.0 Å². The monoisotopic (exact) mass is 1970 g/mol. The summed E-state index contributed by atoms with van der Waals surface area (Å²) >= 11 is 3.10. The number of rotatable bonds is 42. The summed E-state index contributed by atoms with van der Waals surface area (Å²) in [5.74, 6) is 3.53. The molecule has 20 nitrogen and oxygen atoms in total. The lowest BCUT2D eigenvalue weighted by molar-refractivity contribution is -0.117. The Kier molecular flexibility index (Phi) is 49.2. The lowest BCUT2D eigenvalue weighted by atomic mass is 10.1. The van der Waals surface area contributed by atoms with E-state index in [1.54, 1.807) is 169 Å². The molecule has 736 valence electrons. The predicted molar refractivity (Wildman–Crippen MR) is 546 cm³/mol. The maximum Gasteiger partial charge on any atom is 0.397 e. The van der Waals surface area contributed by atoms with E-state index in [4.69, 9.17) is 18.9 Å². The highest BCUT2D eigenvalue weighted by molar-refractivity contribution is 7.99. The van der Waals surface area contributed by atoms with Crippen LogP contribution in [-0.2, 0) is 22.4 Å². The van der Waals surface area contributed by atoms with Crippen molar-refractivity contribution in [1.82, 2.24) is 10.6 Å². The maximum absolute atomic E-state index is 12.4. The molecule has 0 fully saturated rings.